The smallest absolute Gasteiger partial charge is 0.244 e. The van der Waals surface area contributed by atoms with Crippen LogP contribution < -0.4 is 4.90 Å². The number of nitrogens with zero attached hydrogens (tertiary/aromatic N) is 2. The van der Waals surface area contributed by atoms with E-state index in [1.165, 1.54) is 5.56 Å². The molecule has 2 aliphatic rings. The van der Waals surface area contributed by atoms with Gasteiger partial charge >= 0.3 is 0 Å². The number of fused-ring (bicyclic) bond motifs is 1. The monoisotopic (exact) mass is 288 g/mol. The van der Waals surface area contributed by atoms with Gasteiger partial charge in [-0.3, -0.25) is 9.69 Å². The van der Waals surface area contributed by atoms with Gasteiger partial charge in [-0.25, -0.2) is 0 Å². The maximum Gasteiger partial charge on any atom is 0.244 e. The number of hydrogen-bond donors (Lipinski definition) is 0. The second-order valence-electron chi connectivity index (χ2n) is 6.24. The molecule has 114 valence electrons. The number of anilines is 1. The summed E-state index contributed by atoms with van der Waals surface area (Å²) in [6.45, 7) is 8.60. The minimum absolute atomic E-state index is 0.0926. The Hall–Kier alpha value is -1.39. The first-order valence-electron chi connectivity index (χ1n) is 7.84. The highest BCUT2D eigenvalue weighted by atomic mass is 16.5. The van der Waals surface area contributed by atoms with E-state index in [1.807, 2.05) is 24.0 Å². The molecular weight excluding hydrogens is 264 g/mol. The Bertz CT molecular complexity index is 531. The number of benzene rings is 1. The van der Waals surface area contributed by atoms with Crippen LogP contribution in [0.3, 0.4) is 0 Å². The van der Waals surface area contributed by atoms with Gasteiger partial charge in [-0.05, 0) is 38.8 Å². The Balaban J connectivity index is 1.78. The van der Waals surface area contributed by atoms with Crippen LogP contribution in [0.1, 0.15) is 26.3 Å². The van der Waals surface area contributed by atoms with E-state index in [9.17, 15) is 4.79 Å². The molecule has 3 rings (SSSR count). The fourth-order valence-electron chi connectivity index (χ4n) is 3.46. The van der Waals surface area contributed by atoms with Crippen LogP contribution in [-0.2, 0) is 16.0 Å². The van der Waals surface area contributed by atoms with Crippen LogP contribution in [0.5, 0.6) is 0 Å². The molecule has 2 heterocycles. The second kappa shape index (κ2) is 5.78. The number of hydrogen-bond acceptors (Lipinski definition) is 3. The van der Waals surface area contributed by atoms with Gasteiger partial charge in [-0.15, -0.1) is 0 Å². The summed E-state index contributed by atoms with van der Waals surface area (Å²) in [7, 11) is 0. The molecule has 4 heteroatoms. The van der Waals surface area contributed by atoms with Crippen molar-refractivity contribution in [3.8, 4) is 0 Å². The molecule has 4 nitrogen and oxygen atoms in total. The maximum absolute atomic E-state index is 13.0. The highest BCUT2D eigenvalue weighted by Crippen LogP contribution is 2.32. The summed E-state index contributed by atoms with van der Waals surface area (Å²) in [6.07, 6.45) is 1.16. The molecule has 3 atom stereocenters. The molecule has 1 aromatic rings. The average molecular weight is 288 g/mol. The molecule has 1 amide bonds. The summed E-state index contributed by atoms with van der Waals surface area (Å²) in [5, 5.41) is 0. The lowest BCUT2D eigenvalue weighted by molar-refractivity contribution is -0.126. The minimum atomic E-state index is -0.0926. The SMILES string of the molecule is C[C@@H]1CN([C@@H](C)C(=O)N2c3ccccc3C[C@@H]2C)CCO1. The van der Waals surface area contributed by atoms with Crippen LogP contribution in [0, 0.1) is 0 Å². The summed E-state index contributed by atoms with van der Waals surface area (Å²) in [6, 6.07) is 8.40. The van der Waals surface area contributed by atoms with E-state index in [-0.39, 0.29) is 24.1 Å². The van der Waals surface area contributed by atoms with E-state index in [0.717, 1.165) is 25.2 Å². The lowest BCUT2D eigenvalue weighted by Crippen LogP contribution is -2.53. The number of ether oxygens (including phenoxy) is 1. The van der Waals surface area contributed by atoms with Gasteiger partial charge in [-0.1, -0.05) is 18.2 Å². The van der Waals surface area contributed by atoms with E-state index in [0.29, 0.717) is 6.61 Å². The second-order valence-corrected chi connectivity index (χ2v) is 6.24. The first kappa shape index (κ1) is 14.5. The lowest BCUT2D eigenvalue weighted by Gasteiger charge is -2.37. The molecule has 0 unspecified atom stereocenters. The number of morpholine rings is 1. The van der Waals surface area contributed by atoms with Gasteiger partial charge < -0.3 is 9.64 Å². The van der Waals surface area contributed by atoms with Crippen LogP contribution >= 0.6 is 0 Å². The highest BCUT2D eigenvalue weighted by Gasteiger charge is 2.35. The van der Waals surface area contributed by atoms with E-state index < -0.39 is 0 Å². The fourth-order valence-corrected chi connectivity index (χ4v) is 3.46. The van der Waals surface area contributed by atoms with Crippen molar-refractivity contribution in [2.45, 2.75) is 45.4 Å². The topological polar surface area (TPSA) is 32.8 Å². The van der Waals surface area contributed by atoms with Crippen molar-refractivity contribution in [1.82, 2.24) is 4.90 Å². The predicted molar refractivity (Wildman–Crippen MR) is 83.5 cm³/mol. The van der Waals surface area contributed by atoms with Crippen LogP contribution in [0.25, 0.3) is 0 Å². The first-order chi connectivity index (χ1) is 10.1. The molecular formula is C17H24N2O2. The molecule has 0 saturated carbocycles. The normalized spacial score (nSPS) is 27.5. The molecule has 1 fully saturated rings. The number of para-hydroxylation sites is 1. The Morgan fingerprint density at radius 3 is 2.86 bits per heavy atom. The van der Waals surface area contributed by atoms with Gasteiger partial charge in [0.15, 0.2) is 0 Å². The lowest BCUT2D eigenvalue weighted by atomic mass is 10.1. The number of rotatable bonds is 2. The number of carbonyl (C=O) groups excluding carboxylic acids is 1. The Labute approximate surface area is 126 Å². The zero-order valence-corrected chi connectivity index (χ0v) is 13.1. The number of carbonyl (C=O) groups is 1. The Kier molecular flexibility index (Phi) is 4.00. The molecule has 21 heavy (non-hydrogen) atoms. The summed E-state index contributed by atoms with van der Waals surface area (Å²) >= 11 is 0. The maximum atomic E-state index is 13.0. The summed E-state index contributed by atoms with van der Waals surface area (Å²) in [5.41, 5.74) is 2.36. The summed E-state index contributed by atoms with van der Waals surface area (Å²) < 4.78 is 5.57. The van der Waals surface area contributed by atoms with Crippen LogP contribution in [0.2, 0.25) is 0 Å². The van der Waals surface area contributed by atoms with Crippen molar-refractivity contribution < 1.29 is 9.53 Å². The van der Waals surface area contributed by atoms with Crippen molar-refractivity contribution in [3.63, 3.8) is 0 Å². The number of amides is 1. The predicted octanol–water partition coefficient (Wildman–Crippen LogP) is 2.07. The van der Waals surface area contributed by atoms with E-state index in [4.69, 9.17) is 4.74 Å². The fraction of sp³-hybridized carbons (Fsp3) is 0.588. The molecule has 0 spiro atoms. The molecule has 1 saturated heterocycles. The van der Waals surface area contributed by atoms with E-state index >= 15 is 0 Å². The summed E-state index contributed by atoms with van der Waals surface area (Å²) in [4.78, 5) is 17.2. The zero-order chi connectivity index (χ0) is 15.0. The van der Waals surface area contributed by atoms with Crippen molar-refractivity contribution in [1.29, 1.82) is 0 Å². The molecule has 0 aliphatic carbocycles. The van der Waals surface area contributed by atoms with Gasteiger partial charge in [0, 0.05) is 24.8 Å². The van der Waals surface area contributed by atoms with Crippen LogP contribution in [0.4, 0.5) is 5.69 Å². The Morgan fingerprint density at radius 2 is 2.10 bits per heavy atom. The Morgan fingerprint density at radius 1 is 1.33 bits per heavy atom. The molecule has 2 aliphatic heterocycles. The molecule has 0 radical (unpaired) electrons. The third kappa shape index (κ3) is 2.70. The van der Waals surface area contributed by atoms with Crippen molar-refractivity contribution in [2.75, 3.05) is 24.6 Å². The average Bonchev–Trinajstić information content (AvgIpc) is 2.81. The molecule has 1 aromatic carbocycles. The standard InChI is InChI=1S/C17H24N2O2/c1-12-10-15-6-4-5-7-16(15)19(12)17(20)14(3)18-8-9-21-13(2)11-18/h4-7,12-14H,8-11H2,1-3H3/t12-,13+,14-/m0/s1. The van der Waals surface area contributed by atoms with Crippen molar-refractivity contribution in [2.24, 2.45) is 0 Å². The largest absolute Gasteiger partial charge is 0.376 e. The minimum Gasteiger partial charge on any atom is -0.376 e. The first-order valence-corrected chi connectivity index (χ1v) is 7.84. The quantitative estimate of drug-likeness (QED) is 0.835. The van der Waals surface area contributed by atoms with Gasteiger partial charge in [0.1, 0.15) is 0 Å². The molecule has 0 N–H and O–H groups in total. The molecule has 0 aromatic heterocycles. The molecule has 0 bridgehead atoms. The van der Waals surface area contributed by atoms with Gasteiger partial charge in [0.25, 0.3) is 0 Å². The highest BCUT2D eigenvalue weighted by molar-refractivity contribution is 5.99. The van der Waals surface area contributed by atoms with Gasteiger partial charge in [-0.2, -0.15) is 0 Å². The van der Waals surface area contributed by atoms with Gasteiger partial charge in [0.2, 0.25) is 5.91 Å². The van der Waals surface area contributed by atoms with Crippen molar-refractivity contribution >= 4 is 11.6 Å². The van der Waals surface area contributed by atoms with Crippen molar-refractivity contribution in [3.05, 3.63) is 29.8 Å². The van der Waals surface area contributed by atoms with Gasteiger partial charge in [0.05, 0.1) is 18.8 Å². The van der Waals surface area contributed by atoms with E-state index in [2.05, 4.69) is 30.9 Å². The van der Waals surface area contributed by atoms with E-state index in [1.54, 1.807) is 0 Å². The van der Waals surface area contributed by atoms with Crippen LogP contribution in [0.15, 0.2) is 24.3 Å². The zero-order valence-electron chi connectivity index (χ0n) is 13.1. The van der Waals surface area contributed by atoms with Crippen LogP contribution in [-0.4, -0.2) is 48.7 Å². The summed E-state index contributed by atoms with van der Waals surface area (Å²) in [5.74, 6) is 0.210. The third-order valence-electron chi connectivity index (χ3n) is 4.62. The third-order valence-corrected chi connectivity index (χ3v) is 4.62.